The van der Waals surface area contributed by atoms with Crippen molar-refractivity contribution in [1.29, 1.82) is 0 Å². The highest BCUT2D eigenvalue weighted by atomic mass is 16.4. The molecular weight excluding hydrogens is 462 g/mol. The minimum atomic E-state index is -1.51. The summed E-state index contributed by atoms with van der Waals surface area (Å²) in [6.45, 7) is 7.03. The second-order valence-electron chi connectivity index (χ2n) is 8.97. The molecule has 14 nitrogen and oxygen atoms in total. The quantitative estimate of drug-likeness (QED) is 0.0661. The third kappa shape index (κ3) is 13.2. The molecule has 4 atom stereocenters. The first kappa shape index (κ1) is 31.6. The lowest BCUT2D eigenvalue weighted by Gasteiger charge is -2.25. The number of guanidine groups is 1. The molecule has 0 aliphatic heterocycles. The molecular formula is C21H39N7O7. The number of nitrogens with two attached hydrogens (primary N) is 3. The number of rotatable bonds is 16. The third-order valence-electron chi connectivity index (χ3n) is 4.88. The van der Waals surface area contributed by atoms with Gasteiger partial charge in [-0.05, 0) is 31.1 Å². The van der Waals surface area contributed by atoms with Gasteiger partial charge in [-0.2, -0.15) is 0 Å². The summed E-state index contributed by atoms with van der Waals surface area (Å²) >= 11 is 0. The minimum Gasteiger partial charge on any atom is -0.481 e. The van der Waals surface area contributed by atoms with Gasteiger partial charge in [0, 0.05) is 6.54 Å². The van der Waals surface area contributed by atoms with Crippen LogP contribution in [0.3, 0.4) is 0 Å². The van der Waals surface area contributed by atoms with Gasteiger partial charge >= 0.3 is 11.9 Å². The maximum absolute atomic E-state index is 12.9. The van der Waals surface area contributed by atoms with Gasteiger partial charge in [-0.1, -0.05) is 27.7 Å². The van der Waals surface area contributed by atoms with Crippen molar-refractivity contribution in [2.75, 3.05) is 6.54 Å². The molecule has 0 bridgehead atoms. The number of aliphatic imine (C=N–C) groups is 1. The number of carbonyl (C=O) groups excluding carboxylic acids is 3. The van der Waals surface area contributed by atoms with E-state index in [9.17, 15) is 34.2 Å². The van der Waals surface area contributed by atoms with E-state index in [1.807, 2.05) is 13.8 Å². The molecule has 0 aliphatic rings. The number of aliphatic carboxylic acids is 2. The largest absolute Gasteiger partial charge is 0.481 e. The van der Waals surface area contributed by atoms with Crippen LogP contribution in [0.5, 0.6) is 0 Å². The SMILES string of the molecule is CC(C)CC(N)C(=O)NC(CC(=O)O)C(=O)NC(CCCN=C(N)N)C(=O)NC(C(=O)O)C(C)C. The summed E-state index contributed by atoms with van der Waals surface area (Å²) in [5, 5.41) is 25.6. The number of carboxylic acids is 2. The van der Waals surface area contributed by atoms with Crippen molar-refractivity contribution in [3.63, 3.8) is 0 Å². The van der Waals surface area contributed by atoms with Crippen molar-refractivity contribution >= 4 is 35.6 Å². The lowest BCUT2D eigenvalue weighted by atomic mass is 10.0. The number of hydrogen-bond donors (Lipinski definition) is 8. The van der Waals surface area contributed by atoms with Crippen LogP contribution in [0.25, 0.3) is 0 Å². The van der Waals surface area contributed by atoms with Crippen LogP contribution in [-0.2, 0) is 24.0 Å². The number of nitrogens with one attached hydrogen (secondary N) is 3. The highest BCUT2D eigenvalue weighted by Gasteiger charge is 2.32. The van der Waals surface area contributed by atoms with Crippen LogP contribution < -0.4 is 33.2 Å². The predicted molar refractivity (Wildman–Crippen MR) is 128 cm³/mol. The Morgan fingerprint density at radius 3 is 1.86 bits per heavy atom. The van der Waals surface area contributed by atoms with E-state index in [1.54, 1.807) is 13.8 Å². The maximum atomic E-state index is 12.9. The molecule has 0 saturated carbocycles. The first-order valence-corrected chi connectivity index (χ1v) is 11.3. The molecule has 0 aromatic heterocycles. The Morgan fingerprint density at radius 1 is 0.857 bits per heavy atom. The number of carbonyl (C=O) groups is 5. The number of amides is 3. The fourth-order valence-corrected chi connectivity index (χ4v) is 3.09. The highest BCUT2D eigenvalue weighted by molar-refractivity contribution is 5.95. The number of nitrogens with zero attached hydrogens (tertiary/aromatic N) is 1. The normalized spacial score (nSPS) is 14.4. The lowest BCUT2D eigenvalue weighted by Crippen LogP contribution is -2.58. The zero-order valence-electron chi connectivity index (χ0n) is 20.6. The van der Waals surface area contributed by atoms with Crippen LogP contribution >= 0.6 is 0 Å². The summed E-state index contributed by atoms with van der Waals surface area (Å²) < 4.78 is 0. The van der Waals surface area contributed by atoms with Gasteiger partial charge in [0.2, 0.25) is 17.7 Å². The van der Waals surface area contributed by atoms with Gasteiger partial charge in [-0.25, -0.2) is 4.79 Å². The molecule has 0 heterocycles. The Labute approximate surface area is 204 Å². The molecule has 200 valence electrons. The van der Waals surface area contributed by atoms with Gasteiger partial charge in [0.25, 0.3) is 0 Å². The van der Waals surface area contributed by atoms with E-state index in [0.29, 0.717) is 6.42 Å². The van der Waals surface area contributed by atoms with E-state index in [2.05, 4.69) is 20.9 Å². The Morgan fingerprint density at radius 2 is 1.40 bits per heavy atom. The van der Waals surface area contributed by atoms with Gasteiger partial charge in [-0.3, -0.25) is 24.2 Å². The monoisotopic (exact) mass is 501 g/mol. The Bertz CT molecular complexity index is 782. The van der Waals surface area contributed by atoms with Crippen molar-refractivity contribution in [3.8, 4) is 0 Å². The van der Waals surface area contributed by atoms with Gasteiger partial charge in [0.15, 0.2) is 5.96 Å². The van der Waals surface area contributed by atoms with E-state index < -0.39 is 66.2 Å². The van der Waals surface area contributed by atoms with E-state index >= 15 is 0 Å². The van der Waals surface area contributed by atoms with Gasteiger partial charge in [0.05, 0.1) is 12.5 Å². The zero-order chi connectivity index (χ0) is 27.3. The van der Waals surface area contributed by atoms with Crippen LogP contribution in [0.1, 0.15) is 53.4 Å². The Kier molecular flexibility index (Phi) is 14.0. The lowest BCUT2D eigenvalue weighted by molar-refractivity contribution is -0.144. The van der Waals surface area contributed by atoms with E-state index in [4.69, 9.17) is 17.2 Å². The molecule has 35 heavy (non-hydrogen) atoms. The summed E-state index contributed by atoms with van der Waals surface area (Å²) in [6, 6.07) is -4.93. The first-order valence-electron chi connectivity index (χ1n) is 11.3. The molecule has 0 aromatic rings. The molecule has 0 aromatic carbocycles. The predicted octanol–water partition coefficient (Wildman–Crippen LogP) is -1.92. The molecule has 0 saturated heterocycles. The average molecular weight is 502 g/mol. The van der Waals surface area contributed by atoms with E-state index in [0.717, 1.165) is 0 Å². The Balaban J connectivity index is 5.63. The van der Waals surface area contributed by atoms with E-state index in [1.165, 1.54) is 0 Å². The molecule has 14 heteroatoms. The van der Waals surface area contributed by atoms with Crippen LogP contribution in [0.4, 0.5) is 0 Å². The molecule has 4 unspecified atom stereocenters. The highest BCUT2D eigenvalue weighted by Crippen LogP contribution is 2.07. The molecule has 0 spiro atoms. The fourth-order valence-electron chi connectivity index (χ4n) is 3.09. The van der Waals surface area contributed by atoms with Gasteiger partial charge in [-0.15, -0.1) is 0 Å². The average Bonchev–Trinajstić information content (AvgIpc) is 2.71. The number of hydrogen-bond acceptors (Lipinski definition) is 7. The molecule has 0 rings (SSSR count). The standard InChI is InChI=1S/C21H39N7O7/c1-10(2)8-12(22)17(31)27-14(9-15(29)30)19(33)26-13(6-5-7-25-21(23)24)18(32)28-16(11(3)4)20(34)35/h10-14,16H,5-9,22H2,1-4H3,(H,26,33)(H,27,31)(H,28,32)(H,29,30)(H,34,35)(H4,23,24,25). The second-order valence-corrected chi connectivity index (χ2v) is 8.97. The van der Waals surface area contributed by atoms with Crippen molar-refractivity contribution < 1.29 is 34.2 Å². The van der Waals surface area contributed by atoms with Crippen molar-refractivity contribution in [2.45, 2.75) is 77.5 Å². The fraction of sp³-hybridized carbons (Fsp3) is 0.714. The van der Waals surface area contributed by atoms with Crippen molar-refractivity contribution in [3.05, 3.63) is 0 Å². The number of carboxylic acid groups (broad SMARTS) is 2. The molecule has 0 aliphatic carbocycles. The summed E-state index contributed by atoms with van der Waals surface area (Å²) in [4.78, 5) is 64.6. The smallest absolute Gasteiger partial charge is 0.326 e. The summed E-state index contributed by atoms with van der Waals surface area (Å²) in [7, 11) is 0. The molecule has 3 amide bonds. The van der Waals surface area contributed by atoms with Crippen LogP contribution in [0.15, 0.2) is 4.99 Å². The topological polar surface area (TPSA) is 252 Å². The summed E-state index contributed by atoms with van der Waals surface area (Å²) in [5.74, 6) is -5.57. The van der Waals surface area contributed by atoms with E-state index in [-0.39, 0.29) is 31.3 Å². The zero-order valence-corrected chi connectivity index (χ0v) is 20.6. The Hall–Kier alpha value is -3.42. The van der Waals surface area contributed by atoms with Crippen LogP contribution in [0.2, 0.25) is 0 Å². The first-order chi connectivity index (χ1) is 16.1. The molecule has 11 N–H and O–H groups in total. The van der Waals surface area contributed by atoms with Crippen molar-refractivity contribution in [1.82, 2.24) is 16.0 Å². The van der Waals surface area contributed by atoms with Crippen LogP contribution in [-0.4, -0.2) is 76.5 Å². The third-order valence-corrected chi connectivity index (χ3v) is 4.88. The van der Waals surface area contributed by atoms with Crippen LogP contribution in [0, 0.1) is 11.8 Å². The van der Waals surface area contributed by atoms with Gasteiger partial charge in [0.1, 0.15) is 18.1 Å². The summed E-state index contributed by atoms with van der Waals surface area (Å²) in [6.07, 6.45) is -0.183. The molecule has 0 fully saturated rings. The second kappa shape index (κ2) is 15.5. The van der Waals surface area contributed by atoms with Gasteiger partial charge < -0.3 is 43.4 Å². The summed E-state index contributed by atoms with van der Waals surface area (Å²) in [5.41, 5.74) is 16.4. The molecule has 0 radical (unpaired) electrons. The minimum absolute atomic E-state index is 0.0133. The van der Waals surface area contributed by atoms with Crippen molar-refractivity contribution in [2.24, 2.45) is 34.0 Å². The maximum Gasteiger partial charge on any atom is 0.326 e.